The number of carbonyl (C=O) groups excluding carboxylic acids is 2. The Kier molecular flexibility index (Phi) is 4.46. The third-order valence-corrected chi connectivity index (χ3v) is 3.28. The number of esters is 1. The van der Waals surface area contributed by atoms with Crippen LogP contribution in [-0.2, 0) is 4.74 Å². The van der Waals surface area contributed by atoms with Gasteiger partial charge in [-0.1, -0.05) is 23.5 Å². The van der Waals surface area contributed by atoms with Gasteiger partial charge in [0.25, 0.3) is 5.91 Å². The summed E-state index contributed by atoms with van der Waals surface area (Å²) in [5.74, 6) is -0.979. The van der Waals surface area contributed by atoms with E-state index in [2.05, 4.69) is 10.3 Å². The molecular formula is C15H17N3O3S. The lowest BCUT2D eigenvalue weighted by atomic mass is 10.1. The second-order valence-electron chi connectivity index (χ2n) is 5.57. The standard InChI is InChI=1S/C15H17N3O3S/c1-15(2,3)21-13(20)10-7-5-4-6-9(10)12(19)18-14-17-8-11(16)22-14/h4-8H,16H2,1-3H3,(H,17,18,19). The fourth-order valence-electron chi connectivity index (χ4n) is 1.70. The van der Waals surface area contributed by atoms with E-state index in [9.17, 15) is 9.59 Å². The first kappa shape index (κ1) is 16.0. The zero-order valence-electron chi connectivity index (χ0n) is 12.5. The molecule has 3 N–H and O–H groups in total. The van der Waals surface area contributed by atoms with Crippen molar-refractivity contribution in [2.75, 3.05) is 11.1 Å². The fraction of sp³-hybridized carbons (Fsp3) is 0.267. The number of amides is 1. The Morgan fingerprint density at radius 3 is 2.41 bits per heavy atom. The highest BCUT2D eigenvalue weighted by molar-refractivity contribution is 7.19. The average Bonchev–Trinajstić information content (AvgIpc) is 2.82. The monoisotopic (exact) mass is 319 g/mol. The minimum Gasteiger partial charge on any atom is -0.456 e. The van der Waals surface area contributed by atoms with Crippen LogP contribution in [0.15, 0.2) is 30.5 Å². The molecule has 0 aliphatic rings. The van der Waals surface area contributed by atoms with E-state index in [4.69, 9.17) is 10.5 Å². The smallest absolute Gasteiger partial charge is 0.339 e. The molecule has 0 unspecified atom stereocenters. The first-order chi connectivity index (χ1) is 10.3. The molecule has 116 valence electrons. The van der Waals surface area contributed by atoms with Gasteiger partial charge in [0, 0.05) is 0 Å². The second-order valence-corrected chi connectivity index (χ2v) is 6.63. The van der Waals surface area contributed by atoms with E-state index >= 15 is 0 Å². The van der Waals surface area contributed by atoms with E-state index in [1.54, 1.807) is 45.0 Å². The summed E-state index contributed by atoms with van der Waals surface area (Å²) in [6, 6.07) is 6.47. The van der Waals surface area contributed by atoms with Crippen LogP contribution in [0.4, 0.5) is 10.1 Å². The van der Waals surface area contributed by atoms with Crippen molar-refractivity contribution in [3.8, 4) is 0 Å². The number of rotatable bonds is 3. The molecule has 0 saturated heterocycles. The molecule has 0 atom stereocenters. The van der Waals surface area contributed by atoms with Gasteiger partial charge in [0.1, 0.15) is 10.6 Å². The summed E-state index contributed by atoms with van der Waals surface area (Å²) in [7, 11) is 0. The van der Waals surface area contributed by atoms with Crippen LogP contribution in [0.5, 0.6) is 0 Å². The number of nitrogens with two attached hydrogens (primary N) is 1. The maximum atomic E-state index is 12.3. The van der Waals surface area contributed by atoms with Crippen molar-refractivity contribution < 1.29 is 14.3 Å². The van der Waals surface area contributed by atoms with Crippen LogP contribution in [0, 0.1) is 0 Å². The maximum absolute atomic E-state index is 12.3. The molecule has 1 heterocycles. The van der Waals surface area contributed by atoms with Gasteiger partial charge in [0.05, 0.1) is 17.3 Å². The van der Waals surface area contributed by atoms with Gasteiger partial charge < -0.3 is 10.5 Å². The zero-order valence-corrected chi connectivity index (χ0v) is 13.4. The Balaban J connectivity index is 2.24. The Hall–Kier alpha value is -2.41. The van der Waals surface area contributed by atoms with Gasteiger partial charge in [-0.25, -0.2) is 9.78 Å². The number of benzene rings is 1. The van der Waals surface area contributed by atoms with Crippen molar-refractivity contribution in [3.05, 3.63) is 41.6 Å². The summed E-state index contributed by atoms with van der Waals surface area (Å²) in [6.45, 7) is 5.31. The molecule has 1 aromatic carbocycles. The molecule has 0 spiro atoms. The first-order valence-corrected chi connectivity index (χ1v) is 7.43. The van der Waals surface area contributed by atoms with E-state index in [0.29, 0.717) is 10.1 Å². The van der Waals surface area contributed by atoms with Gasteiger partial charge in [-0.05, 0) is 32.9 Å². The van der Waals surface area contributed by atoms with Crippen molar-refractivity contribution in [2.24, 2.45) is 0 Å². The van der Waals surface area contributed by atoms with Crippen LogP contribution in [-0.4, -0.2) is 22.5 Å². The number of hydrogen-bond acceptors (Lipinski definition) is 6. The Morgan fingerprint density at radius 2 is 1.86 bits per heavy atom. The number of anilines is 2. The van der Waals surface area contributed by atoms with Crippen LogP contribution in [0.2, 0.25) is 0 Å². The molecule has 7 heteroatoms. The maximum Gasteiger partial charge on any atom is 0.339 e. The second kappa shape index (κ2) is 6.15. The summed E-state index contributed by atoms with van der Waals surface area (Å²) >= 11 is 1.15. The van der Waals surface area contributed by atoms with Crippen LogP contribution < -0.4 is 11.1 Å². The largest absolute Gasteiger partial charge is 0.456 e. The molecule has 0 fully saturated rings. The highest BCUT2D eigenvalue weighted by Gasteiger charge is 2.23. The highest BCUT2D eigenvalue weighted by Crippen LogP contribution is 2.21. The lowest BCUT2D eigenvalue weighted by molar-refractivity contribution is 0.00678. The SMILES string of the molecule is CC(C)(C)OC(=O)c1ccccc1C(=O)Nc1ncc(N)s1. The lowest BCUT2D eigenvalue weighted by Gasteiger charge is -2.20. The summed E-state index contributed by atoms with van der Waals surface area (Å²) in [6.07, 6.45) is 1.46. The summed E-state index contributed by atoms with van der Waals surface area (Å²) in [5.41, 5.74) is 5.37. The van der Waals surface area contributed by atoms with Crippen molar-refractivity contribution in [1.29, 1.82) is 0 Å². The zero-order chi connectivity index (χ0) is 16.3. The molecular weight excluding hydrogens is 302 g/mol. The molecule has 0 aliphatic heterocycles. The molecule has 6 nitrogen and oxygen atoms in total. The van der Waals surface area contributed by atoms with Crippen LogP contribution in [0.3, 0.4) is 0 Å². The molecule has 2 rings (SSSR count). The minimum absolute atomic E-state index is 0.208. The van der Waals surface area contributed by atoms with Gasteiger partial charge in [-0.3, -0.25) is 10.1 Å². The quantitative estimate of drug-likeness (QED) is 0.848. The molecule has 0 radical (unpaired) electrons. The Bertz CT molecular complexity index is 704. The summed E-state index contributed by atoms with van der Waals surface area (Å²) < 4.78 is 5.32. The van der Waals surface area contributed by atoms with Crippen molar-refractivity contribution in [2.45, 2.75) is 26.4 Å². The predicted molar refractivity (Wildman–Crippen MR) is 86.1 cm³/mol. The van der Waals surface area contributed by atoms with Gasteiger partial charge in [-0.2, -0.15) is 0 Å². The minimum atomic E-state index is -0.634. The molecule has 22 heavy (non-hydrogen) atoms. The third kappa shape index (κ3) is 4.05. The number of hydrogen-bond donors (Lipinski definition) is 2. The lowest BCUT2D eigenvalue weighted by Crippen LogP contribution is -2.26. The molecule has 0 bridgehead atoms. The molecule has 0 aliphatic carbocycles. The molecule has 1 amide bonds. The normalized spacial score (nSPS) is 11.0. The molecule has 1 aromatic heterocycles. The number of carbonyl (C=O) groups is 2. The van der Waals surface area contributed by atoms with E-state index in [-0.39, 0.29) is 11.1 Å². The van der Waals surface area contributed by atoms with Gasteiger partial charge in [0.15, 0.2) is 5.13 Å². The van der Waals surface area contributed by atoms with Crippen molar-refractivity contribution >= 4 is 33.3 Å². The van der Waals surface area contributed by atoms with Gasteiger partial charge in [0.2, 0.25) is 0 Å². The van der Waals surface area contributed by atoms with Gasteiger partial charge in [-0.15, -0.1) is 0 Å². The topological polar surface area (TPSA) is 94.3 Å². The number of aromatic nitrogens is 1. The predicted octanol–water partition coefficient (Wildman–Crippen LogP) is 2.93. The number of thiazole rings is 1. The molecule has 2 aromatic rings. The number of nitrogens with zero attached hydrogens (tertiary/aromatic N) is 1. The summed E-state index contributed by atoms with van der Waals surface area (Å²) in [5, 5.41) is 3.49. The van der Waals surface area contributed by atoms with Crippen LogP contribution >= 0.6 is 11.3 Å². The average molecular weight is 319 g/mol. The Morgan fingerprint density at radius 1 is 1.23 bits per heavy atom. The highest BCUT2D eigenvalue weighted by atomic mass is 32.1. The van der Waals surface area contributed by atoms with Crippen LogP contribution in [0.1, 0.15) is 41.5 Å². The fourth-order valence-corrected chi connectivity index (χ4v) is 2.28. The van der Waals surface area contributed by atoms with Gasteiger partial charge >= 0.3 is 5.97 Å². The van der Waals surface area contributed by atoms with E-state index in [1.807, 2.05) is 0 Å². The number of nitrogen functional groups attached to an aromatic ring is 1. The van der Waals surface area contributed by atoms with E-state index in [1.165, 1.54) is 6.20 Å². The van der Waals surface area contributed by atoms with Crippen molar-refractivity contribution in [3.63, 3.8) is 0 Å². The van der Waals surface area contributed by atoms with E-state index in [0.717, 1.165) is 11.3 Å². The number of nitrogens with one attached hydrogen (secondary N) is 1. The third-order valence-electron chi connectivity index (χ3n) is 2.53. The van der Waals surface area contributed by atoms with Crippen molar-refractivity contribution in [1.82, 2.24) is 4.98 Å². The molecule has 0 saturated carbocycles. The first-order valence-electron chi connectivity index (χ1n) is 6.61. The Labute approximate surface area is 132 Å². The summed E-state index contributed by atoms with van der Waals surface area (Å²) in [4.78, 5) is 28.5. The number of ether oxygens (including phenoxy) is 1. The van der Waals surface area contributed by atoms with Crippen LogP contribution in [0.25, 0.3) is 0 Å². The van der Waals surface area contributed by atoms with E-state index < -0.39 is 17.5 Å².